The van der Waals surface area contributed by atoms with Gasteiger partial charge in [0.2, 0.25) is 0 Å². The first-order valence-electron chi connectivity index (χ1n) is 13.5. The Labute approximate surface area is 222 Å². The molecule has 196 valence electrons. The van der Waals surface area contributed by atoms with Gasteiger partial charge in [0.25, 0.3) is 0 Å². The van der Waals surface area contributed by atoms with Gasteiger partial charge in [0, 0.05) is 70.3 Å². The molecule has 2 aliphatic rings. The SMILES string of the molecule is COc1cccc(CN(Cc2cccc(N3CCOCC3)c2)c2cccc(CN3CCN(C)CC3)c2)c1. The highest BCUT2D eigenvalue weighted by Gasteiger charge is 2.16. The van der Waals surface area contributed by atoms with Crippen LogP contribution in [0.1, 0.15) is 16.7 Å². The number of ether oxygens (including phenoxy) is 2. The molecule has 5 rings (SSSR count). The molecule has 0 atom stereocenters. The third kappa shape index (κ3) is 7.04. The third-order valence-electron chi connectivity index (χ3n) is 7.45. The van der Waals surface area contributed by atoms with Crippen LogP contribution in [0.2, 0.25) is 0 Å². The molecule has 2 fully saturated rings. The fourth-order valence-corrected chi connectivity index (χ4v) is 5.24. The fraction of sp³-hybridized carbons (Fsp3) is 0.419. The number of nitrogens with zero attached hydrogens (tertiary/aromatic N) is 4. The van der Waals surface area contributed by atoms with Crippen molar-refractivity contribution < 1.29 is 9.47 Å². The van der Waals surface area contributed by atoms with E-state index in [2.05, 4.69) is 93.4 Å². The van der Waals surface area contributed by atoms with Gasteiger partial charge < -0.3 is 24.2 Å². The molecule has 0 amide bonds. The smallest absolute Gasteiger partial charge is 0.119 e. The Morgan fingerprint density at radius 2 is 1.43 bits per heavy atom. The standard InChI is InChI=1S/C31H40N4O2/c1-32-12-14-33(15-13-32)23-26-6-3-10-30(20-26)35(25-28-8-5-11-31(22-28)36-2)24-27-7-4-9-29(21-27)34-16-18-37-19-17-34/h3-11,20-22H,12-19,23-25H2,1-2H3. The van der Waals surface area contributed by atoms with Gasteiger partial charge in [0.05, 0.1) is 20.3 Å². The summed E-state index contributed by atoms with van der Waals surface area (Å²) in [6.45, 7) is 10.7. The number of piperazine rings is 1. The predicted molar refractivity (Wildman–Crippen MR) is 152 cm³/mol. The van der Waals surface area contributed by atoms with Gasteiger partial charge in [-0.2, -0.15) is 0 Å². The first-order valence-corrected chi connectivity index (χ1v) is 13.5. The lowest BCUT2D eigenvalue weighted by Gasteiger charge is -2.33. The molecule has 3 aromatic rings. The number of benzene rings is 3. The number of hydrogen-bond acceptors (Lipinski definition) is 6. The highest BCUT2D eigenvalue weighted by Crippen LogP contribution is 2.26. The molecule has 3 aromatic carbocycles. The van der Waals surface area contributed by atoms with Crippen molar-refractivity contribution in [2.75, 3.05) is 76.4 Å². The first-order chi connectivity index (χ1) is 18.2. The van der Waals surface area contributed by atoms with Crippen molar-refractivity contribution >= 4 is 11.4 Å². The highest BCUT2D eigenvalue weighted by molar-refractivity contribution is 5.53. The van der Waals surface area contributed by atoms with Gasteiger partial charge in [0.1, 0.15) is 5.75 Å². The Bertz CT molecular complexity index is 1140. The second kappa shape index (κ2) is 12.5. The van der Waals surface area contributed by atoms with Crippen LogP contribution in [0.5, 0.6) is 5.75 Å². The molecule has 2 aliphatic heterocycles. The van der Waals surface area contributed by atoms with Crippen molar-refractivity contribution in [3.05, 3.63) is 89.5 Å². The third-order valence-corrected chi connectivity index (χ3v) is 7.45. The number of morpholine rings is 1. The Balaban J connectivity index is 1.38. The van der Waals surface area contributed by atoms with E-state index in [9.17, 15) is 0 Å². The quantitative estimate of drug-likeness (QED) is 0.431. The molecule has 37 heavy (non-hydrogen) atoms. The van der Waals surface area contributed by atoms with E-state index < -0.39 is 0 Å². The highest BCUT2D eigenvalue weighted by atomic mass is 16.5. The monoisotopic (exact) mass is 500 g/mol. The van der Waals surface area contributed by atoms with Crippen molar-refractivity contribution in [2.24, 2.45) is 0 Å². The maximum absolute atomic E-state index is 5.56. The van der Waals surface area contributed by atoms with E-state index in [4.69, 9.17) is 9.47 Å². The average molecular weight is 501 g/mol. The molecule has 0 saturated carbocycles. The van der Waals surface area contributed by atoms with E-state index in [1.54, 1.807) is 7.11 Å². The van der Waals surface area contributed by atoms with E-state index in [0.29, 0.717) is 0 Å². The zero-order valence-electron chi connectivity index (χ0n) is 22.3. The second-order valence-corrected chi connectivity index (χ2v) is 10.2. The maximum atomic E-state index is 5.56. The van der Waals surface area contributed by atoms with Crippen LogP contribution in [-0.2, 0) is 24.4 Å². The summed E-state index contributed by atoms with van der Waals surface area (Å²) < 4.78 is 11.1. The van der Waals surface area contributed by atoms with E-state index >= 15 is 0 Å². The van der Waals surface area contributed by atoms with Crippen LogP contribution in [0.3, 0.4) is 0 Å². The Morgan fingerprint density at radius 3 is 2.19 bits per heavy atom. The molecule has 0 bridgehead atoms. The lowest BCUT2D eigenvalue weighted by molar-refractivity contribution is 0.122. The number of rotatable bonds is 9. The van der Waals surface area contributed by atoms with E-state index in [1.165, 1.54) is 28.1 Å². The van der Waals surface area contributed by atoms with Crippen LogP contribution < -0.4 is 14.5 Å². The first kappa shape index (κ1) is 25.6. The Kier molecular flexibility index (Phi) is 8.61. The minimum Gasteiger partial charge on any atom is -0.497 e. The predicted octanol–water partition coefficient (Wildman–Crippen LogP) is 4.49. The van der Waals surface area contributed by atoms with Crippen molar-refractivity contribution in [1.29, 1.82) is 0 Å². The molecule has 0 spiro atoms. The Hall–Kier alpha value is -3.06. The molecular formula is C31H40N4O2. The number of likely N-dealkylation sites (N-methyl/N-ethyl adjacent to an activating group) is 1. The van der Waals surface area contributed by atoms with Crippen LogP contribution in [0.25, 0.3) is 0 Å². The van der Waals surface area contributed by atoms with Gasteiger partial charge in [0.15, 0.2) is 0 Å². The molecule has 2 heterocycles. The summed E-state index contributed by atoms with van der Waals surface area (Å²) >= 11 is 0. The van der Waals surface area contributed by atoms with Crippen LogP contribution in [-0.4, -0.2) is 76.4 Å². The van der Waals surface area contributed by atoms with Gasteiger partial charge >= 0.3 is 0 Å². The normalized spacial score (nSPS) is 17.1. The number of anilines is 2. The van der Waals surface area contributed by atoms with Crippen molar-refractivity contribution in [3.63, 3.8) is 0 Å². The minimum atomic E-state index is 0.798. The van der Waals surface area contributed by atoms with Crippen LogP contribution in [0, 0.1) is 0 Å². The van der Waals surface area contributed by atoms with Gasteiger partial charge in [-0.25, -0.2) is 0 Å². The number of methoxy groups -OCH3 is 1. The van der Waals surface area contributed by atoms with Crippen LogP contribution in [0.4, 0.5) is 11.4 Å². The summed E-state index contributed by atoms with van der Waals surface area (Å²) in [7, 11) is 3.94. The second-order valence-electron chi connectivity index (χ2n) is 10.2. The Morgan fingerprint density at radius 1 is 0.757 bits per heavy atom. The lowest BCUT2D eigenvalue weighted by Crippen LogP contribution is -2.43. The molecule has 0 aromatic heterocycles. The summed E-state index contributed by atoms with van der Waals surface area (Å²) in [6, 6.07) is 26.5. The number of hydrogen-bond donors (Lipinski definition) is 0. The summed E-state index contributed by atoms with van der Waals surface area (Å²) in [5, 5.41) is 0. The molecule has 2 saturated heterocycles. The lowest BCUT2D eigenvalue weighted by atomic mass is 10.1. The molecular weight excluding hydrogens is 460 g/mol. The zero-order chi connectivity index (χ0) is 25.5. The summed E-state index contributed by atoms with van der Waals surface area (Å²) in [5.74, 6) is 0.899. The zero-order valence-corrected chi connectivity index (χ0v) is 22.3. The molecule has 0 N–H and O–H groups in total. The molecule has 6 heteroatoms. The summed E-state index contributed by atoms with van der Waals surface area (Å²) in [5.41, 5.74) is 6.47. The van der Waals surface area contributed by atoms with Gasteiger partial charge in [-0.15, -0.1) is 0 Å². The maximum Gasteiger partial charge on any atom is 0.119 e. The average Bonchev–Trinajstić information content (AvgIpc) is 2.95. The van der Waals surface area contributed by atoms with Gasteiger partial charge in [-0.3, -0.25) is 4.90 Å². The fourth-order valence-electron chi connectivity index (χ4n) is 5.24. The molecule has 0 aliphatic carbocycles. The van der Waals surface area contributed by atoms with Gasteiger partial charge in [-0.05, 0) is 60.1 Å². The molecule has 0 unspecified atom stereocenters. The molecule has 6 nitrogen and oxygen atoms in total. The summed E-state index contributed by atoms with van der Waals surface area (Å²) in [6.07, 6.45) is 0. The largest absolute Gasteiger partial charge is 0.497 e. The van der Waals surface area contributed by atoms with Crippen LogP contribution >= 0.6 is 0 Å². The molecule has 0 radical (unpaired) electrons. The minimum absolute atomic E-state index is 0.798. The van der Waals surface area contributed by atoms with E-state index in [-0.39, 0.29) is 0 Å². The van der Waals surface area contributed by atoms with E-state index in [0.717, 1.165) is 77.9 Å². The van der Waals surface area contributed by atoms with Crippen molar-refractivity contribution in [3.8, 4) is 5.75 Å². The van der Waals surface area contributed by atoms with Crippen LogP contribution in [0.15, 0.2) is 72.8 Å². The van der Waals surface area contributed by atoms with E-state index in [1.807, 2.05) is 6.07 Å². The van der Waals surface area contributed by atoms with Gasteiger partial charge in [-0.1, -0.05) is 36.4 Å². The van der Waals surface area contributed by atoms with Crippen molar-refractivity contribution in [2.45, 2.75) is 19.6 Å². The summed E-state index contributed by atoms with van der Waals surface area (Å²) in [4.78, 5) is 9.89. The van der Waals surface area contributed by atoms with Crippen molar-refractivity contribution in [1.82, 2.24) is 9.80 Å². The topological polar surface area (TPSA) is 31.4 Å².